The van der Waals surface area contributed by atoms with Crippen molar-refractivity contribution in [2.75, 3.05) is 32.7 Å². The molecule has 0 saturated carbocycles. The van der Waals surface area contributed by atoms with Gasteiger partial charge in [-0.3, -0.25) is 0 Å². The molecular formula is C16H23FN2O. The van der Waals surface area contributed by atoms with Crippen LogP contribution >= 0.6 is 0 Å². The van der Waals surface area contributed by atoms with Crippen LogP contribution in [0.1, 0.15) is 24.8 Å². The number of nitrogens with zero attached hydrogens (tertiary/aromatic N) is 1. The highest BCUT2D eigenvalue weighted by molar-refractivity contribution is 5.37. The second kappa shape index (κ2) is 6.55. The maximum atomic E-state index is 13.1. The maximum absolute atomic E-state index is 13.1. The molecule has 0 amide bonds. The molecule has 1 saturated heterocycles. The Hall–Kier alpha value is -1.13. The van der Waals surface area contributed by atoms with Gasteiger partial charge in [-0.1, -0.05) is 0 Å². The van der Waals surface area contributed by atoms with Gasteiger partial charge in [0, 0.05) is 18.5 Å². The lowest BCUT2D eigenvalue weighted by Gasteiger charge is -2.15. The van der Waals surface area contributed by atoms with Crippen LogP contribution in [0.2, 0.25) is 0 Å². The minimum atomic E-state index is -0.174. The highest BCUT2D eigenvalue weighted by atomic mass is 19.1. The average molecular weight is 278 g/mol. The number of fused-ring (bicyclic) bond motifs is 1. The Labute approximate surface area is 120 Å². The number of likely N-dealkylation sites (tertiary alicyclic amines) is 1. The van der Waals surface area contributed by atoms with Gasteiger partial charge in [-0.2, -0.15) is 0 Å². The Morgan fingerprint density at radius 3 is 3.00 bits per heavy atom. The number of nitrogens with one attached hydrogen (secondary N) is 1. The summed E-state index contributed by atoms with van der Waals surface area (Å²) in [6, 6.07) is 4.78. The van der Waals surface area contributed by atoms with Gasteiger partial charge in [0.15, 0.2) is 0 Å². The van der Waals surface area contributed by atoms with Crippen LogP contribution in [0.5, 0.6) is 5.75 Å². The minimum absolute atomic E-state index is 0.151. The van der Waals surface area contributed by atoms with Gasteiger partial charge in [0.05, 0.1) is 0 Å². The fraction of sp³-hybridized carbons (Fsp3) is 0.625. The Morgan fingerprint density at radius 2 is 2.15 bits per heavy atom. The van der Waals surface area contributed by atoms with E-state index in [9.17, 15) is 4.39 Å². The normalized spacial score (nSPS) is 21.9. The monoisotopic (exact) mass is 278 g/mol. The standard InChI is InChI=1S/C16H23FN2O/c17-14-4-5-16-13(10-14)11-15(20-16)12-18-6-3-9-19-7-1-2-8-19/h4-5,10,15,18H,1-3,6-9,11-12H2. The summed E-state index contributed by atoms with van der Waals surface area (Å²) in [5.41, 5.74) is 0.994. The molecule has 110 valence electrons. The van der Waals surface area contributed by atoms with E-state index in [1.807, 2.05) is 0 Å². The molecule has 2 aliphatic rings. The molecule has 1 atom stereocenters. The molecule has 1 unspecified atom stereocenters. The fourth-order valence-electron chi connectivity index (χ4n) is 3.10. The van der Waals surface area contributed by atoms with Crippen LogP contribution in [0.15, 0.2) is 18.2 Å². The first kappa shape index (κ1) is 13.8. The van der Waals surface area contributed by atoms with E-state index in [4.69, 9.17) is 4.74 Å². The van der Waals surface area contributed by atoms with Gasteiger partial charge in [0.1, 0.15) is 17.7 Å². The topological polar surface area (TPSA) is 24.5 Å². The summed E-state index contributed by atoms with van der Waals surface area (Å²) in [6.07, 6.45) is 4.87. The van der Waals surface area contributed by atoms with Gasteiger partial charge >= 0.3 is 0 Å². The molecule has 3 rings (SSSR count). The Bertz CT molecular complexity index is 446. The smallest absolute Gasteiger partial charge is 0.123 e. The van der Waals surface area contributed by atoms with Gasteiger partial charge in [-0.15, -0.1) is 0 Å². The van der Waals surface area contributed by atoms with Gasteiger partial charge in [0.2, 0.25) is 0 Å². The van der Waals surface area contributed by atoms with E-state index in [1.165, 1.54) is 45.0 Å². The van der Waals surface area contributed by atoms with Crippen LogP contribution in [0, 0.1) is 5.82 Å². The van der Waals surface area contributed by atoms with Gasteiger partial charge in [-0.05, 0) is 63.6 Å². The molecule has 0 aliphatic carbocycles. The van der Waals surface area contributed by atoms with Crippen LogP contribution in [0.4, 0.5) is 4.39 Å². The van der Waals surface area contributed by atoms with Crippen molar-refractivity contribution < 1.29 is 9.13 Å². The summed E-state index contributed by atoms with van der Waals surface area (Å²) in [5.74, 6) is 0.668. The van der Waals surface area contributed by atoms with E-state index in [0.717, 1.165) is 30.8 Å². The van der Waals surface area contributed by atoms with Crippen molar-refractivity contribution in [1.29, 1.82) is 0 Å². The lowest BCUT2D eigenvalue weighted by molar-refractivity contribution is 0.226. The molecule has 4 heteroatoms. The average Bonchev–Trinajstić information content (AvgIpc) is 3.06. The second-order valence-electron chi connectivity index (χ2n) is 5.80. The lowest BCUT2D eigenvalue weighted by atomic mass is 10.1. The van der Waals surface area contributed by atoms with Crippen LogP contribution < -0.4 is 10.1 Å². The van der Waals surface area contributed by atoms with Crippen molar-refractivity contribution in [3.05, 3.63) is 29.6 Å². The molecule has 1 fully saturated rings. The predicted molar refractivity (Wildman–Crippen MR) is 77.7 cm³/mol. The summed E-state index contributed by atoms with van der Waals surface area (Å²) in [4.78, 5) is 2.53. The largest absolute Gasteiger partial charge is 0.488 e. The third kappa shape index (κ3) is 3.49. The number of hydrogen-bond donors (Lipinski definition) is 1. The van der Waals surface area contributed by atoms with E-state index >= 15 is 0 Å². The van der Waals surface area contributed by atoms with E-state index in [-0.39, 0.29) is 11.9 Å². The molecule has 1 N–H and O–H groups in total. The van der Waals surface area contributed by atoms with Crippen molar-refractivity contribution in [2.24, 2.45) is 0 Å². The summed E-state index contributed by atoms with van der Waals surface area (Å²) in [5, 5.41) is 3.46. The van der Waals surface area contributed by atoms with Crippen molar-refractivity contribution in [3.63, 3.8) is 0 Å². The molecule has 0 aromatic heterocycles. The highest BCUT2D eigenvalue weighted by Gasteiger charge is 2.22. The van der Waals surface area contributed by atoms with Crippen LogP contribution in [0.25, 0.3) is 0 Å². The zero-order chi connectivity index (χ0) is 13.8. The third-order valence-electron chi connectivity index (χ3n) is 4.16. The van der Waals surface area contributed by atoms with E-state index < -0.39 is 0 Å². The van der Waals surface area contributed by atoms with Crippen molar-refractivity contribution in [2.45, 2.75) is 31.8 Å². The number of halogens is 1. The molecule has 0 spiro atoms. The summed E-state index contributed by atoms with van der Waals surface area (Å²) in [6.45, 7) is 5.61. The Balaban J connectivity index is 1.32. The number of hydrogen-bond acceptors (Lipinski definition) is 3. The highest BCUT2D eigenvalue weighted by Crippen LogP contribution is 2.28. The molecule has 2 heterocycles. The van der Waals surface area contributed by atoms with Crippen molar-refractivity contribution in [1.82, 2.24) is 10.2 Å². The first-order valence-electron chi connectivity index (χ1n) is 7.69. The zero-order valence-electron chi connectivity index (χ0n) is 11.9. The van der Waals surface area contributed by atoms with E-state index in [0.29, 0.717) is 0 Å². The van der Waals surface area contributed by atoms with Gasteiger partial charge in [0.25, 0.3) is 0 Å². The summed E-state index contributed by atoms with van der Waals surface area (Å²) in [7, 11) is 0. The van der Waals surface area contributed by atoms with Crippen LogP contribution in [-0.4, -0.2) is 43.7 Å². The molecule has 1 aromatic carbocycles. The molecule has 1 aromatic rings. The second-order valence-corrected chi connectivity index (χ2v) is 5.80. The maximum Gasteiger partial charge on any atom is 0.123 e. The first-order chi connectivity index (χ1) is 9.81. The van der Waals surface area contributed by atoms with Crippen LogP contribution in [0.3, 0.4) is 0 Å². The number of ether oxygens (including phenoxy) is 1. The zero-order valence-corrected chi connectivity index (χ0v) is 11.9. The summed E-state index contributed by atoms with van der Waals surface area (Å²) >= 11 is 0. The van der Waals surface area contributed by atoms with Gasteiger partial charge in [-0.25, -0.2) is 4.39 Å². The Kier molecular flexibility index (Phi) is 4.53. The molecular weight excluding hydrogens is 255 g/mol. The third-order valence-corrected chi connectivity index (χ3v) is 4.16. The molecule has 0 radical (unpaired) electrons. The molecule has 0 bridgehead atoms. The number of benzene rings is 1. The lowest BCUT2D eigenvalue weighted by Crippen LogP contribution is -2.32. The number of rotatable bonds is 6. The summed E-state index contributed by atoms with van der Waals surface area (Å²) < 4.78 is 18.9. The SMILES string of the molecule is Fc1ccc2c(c1)CC(CNCCCN1CCCC1)O2. The van der Waals surface area contributed by atoms with Crippen molar-refractivity contribution in [3.8, 4) is 5.75 Å². The first-order valence-corrected chi connectivity index (χ1v) is 7.69. The van der Waals surface area contributed by atoms with E-state index in [1.54, 1.807) is 12.1 Å². The van der Waals surface area contributed by atoms with Gasteiger partial charge < -0.3 is 15.0 Å². The minimum Gasteiger partial charge on any atom is -0.488 e. The van der Waals surface area contributed by atoms with E-state index in [2.05, 4.69) is 10.2 Å². The van der Waals surface area contributed by atoms with Crippen LogP contribution in [-0.2, 0) is 6.42 Å². The van der Waals surface area contributed by atoms with Crippen molar-refractivity contribution >= 4 is 0 Å². The predicted octanol–water partition coefficient (Wildman–Crippen LogP) is 2.20. The molecule has 3 nitrogen and oxygen atoms in total. The molecule has 20 heavy (non-hydrogen) atoms. The Morgan fingerprint density at radius 1 is 1.30 bits per heavy atom. The quantitative estimate of drug-likeness (QED) is 0.807. The molecule has 2 aliphatic heterocycles. The fourth-order valence-corrected chi connectivity index (χ4v) is 3.10.